The standard InChI is InChI=1S/C11H11N3O/c1-9(15)11-4-2-3-10(7-11)8-14-12-5-6-13-14/h2-7H,8H2,1H3. The van der Waals surface area contributed by atoms with Crippen molar-refractivity contribution in [2.45, 2.75) is 13.5 Å². The molecule has 0 radical (unpaired) electrons. The third-order valence-electron chi connectivity index (χ3n) is 2.12. The molecule has 76 valence electrons. The first-order chi connectivity index (χ1) is 7.25. The van der Waals surface area contributed by atoms with Gasteiger partial charge in [0.1, 0.15) is 0 Å². The van der Waals surface area contributed by atoms with Crippen LogP contribution >= 0.6 is 0 Å². The zero-order valence-electron chi connectivity index (χ0n) is 8.42. The van der Waals surface area contributed by atoms with Crippen molar-refractivity contribution in [1.29, 1.82) is 0 Å². The molecule has 4 nitrogen and oxygen atoms in total. The molecule has 4 heteroatoms. The second-order valence-corrected chi connectivity index (χ2v) is 3.32. The Kier molecular flexibility index (Phi) is 2.58. The molecule has 0 unspecified atom stereocenters. The van der Waals surface area contributed by atoms with Gasteiger partial charge in [-0.05, 0) is 18.6 Å². The molecule has 0 spiro atoms. The molecule has 0 bridgehead atoms. The third kappa shape index (κ3) is 2.28. The Labute approximate surface area is 87.5 Å². The number of rotatable bonds is 3. The lowest BCUT2D eigenvalue weighted by Crippen LogP contribution is -2.04. The number of nitrogens with zero attached hydrogens (tertiary/aromatic N) is 3. The average molecular weight is 201 g/mol. The fourth-order valence-electron chi connectivity index (χ4n) is 1.38. The van der Waals surface area contributed by atoms with Gasteiger partial charge in [-0.15, -0.1) is 0 Å². The van der Waals surface area contributed by atoms with E-state index in [1.54, 1.807) is 24.1 Å². The van der Waals surface area contributed by atoms with Crippen LogP contribution in [0.1, 0.15) is 22.8 Å². The van der Waals surface area contributed by atoms with Gasteiger partial charge in [0.15, 0.2) is 5.78 Å². The number of carbonyl (C=O) groups is 1. The van der Waals surface area contributed by atoms with E-state index in [0.29, 0.717) is 6.54 Å². The van der Waals surface area contributed by atoms with E-state index in [0.717, 1.165) is 11.1 Å². The Balaban J connectivity index is 2.22. The molecule has 0 atom stereocenters. The van der Waals surface area contributed by atoms with Crippen LogP contribution in [0.25, 0.3) is 0 Å². The minimum atomic E-state index is 0.0743. The van der Waals surface area contributed by atoms with E-state index < -0.39 is 0 Å². The normalized spacial score (nSPS) is 10.2. The quantitative estimate of drug-likeness (QED) is 0.707. The van der Waals surface area contributed by atoms with Gasteiger partial charge in [0.05, 0.1) is 18.9 Å². The predicted octanol–water partition coefficient (Wildman–Crippen LogP) is 1.53. The fraction of sp³-hybridized carbons (Fsp3) is 0.182. The van der Waals surface area contributed by atoms with Crippen molar-refractivity contribution in [2.24, 2.45) is 0 Å². The summed E-state index contributed by atoms with van der Waals surface area (Å²) in [5.74, 6) is 0.0743. The average Bonchev–Trinajstić information content (AvgIpc) is 2.71. The van der Waals surface area contributed by atoms with Crippen molar-refractivity contribution in [3.63, 3.8) is 0 Å². The Morgan fingerprint density at radius 2 is 2.07 bits per heavy atom. The van der Waals surface area contributed by atoms with E-state index in [9.17, 15) is 4.79 Å². The second kappa shape index (κ2) is 4.04. The molecule has 0 saturated heterocycles. The van der Waals surface area contributed by atoms with Crippen LogP contribution in [0.4, 0.5) is 0 Å². The molecule has 0 aliphatic rings. The van der Waals surface area contributed by atoms with Crippen molar-refractivity contribution >= 4 is 5.78 Å². The van der Waals surface area contributed by atoms with Crippen molar-refractivity contribution in [3.05, 3.63) is 47.8 Å². The van der Waals surface area contributed by atoms with Crippen molar-refractivity contribution < 1.29 is 4.79 Å². The molecule has 0 fully saturated rings. The lowest BCUT2D eigenvalue weighted by Gasteiger charge is -2.02. The van der Waals surface area contributed by atoms with Crippen LogP contribution in [-0.2, 0) is 6.54 Å². The summed E-state index contributed by atoms with van der Waals surface area (Å²) in [5, 5.41) is 8.01. The maximum absolute atomic E-state index is 11.2. The van der Waals surface area contributed by atoms with Gasteiger partial charge >= 0.3 is 0 Å². The summed E-state index contributed by atoms with van der Waals surface area (Å²) >= 11 is 0. The zero-order chi connectivity index (χ0) is 10.7. The van der Waals surface area contributed by atoms with Crippen molar-refractivity contribution in [2.75, 3.05) is 0 Å². The number of benzene rings is 1. The highest BCUT2D eigenvalue weighted by Crippen LogP contribution is 2.06. The van der Waals surface area contributed by atoms with E-state index in [-0.39, 0.29) is 5.78 Å². The van der Waals surface area contributed by atoms with E-state index in [4.69, 9.17) is 0 Å². The van der Waals surface area contributed by atoms with Crippen LogP contribution in [0, 0.1) is 0 Å². The lowest BCUT2D eigenvalue weighted by molar-refractivity contribution is 0.101. The molecule has 0 aliphatic carbocycles. The molecule has 0 saturated carbocycles. The smallest absolute Gasteiger partial charge is 0.159 e. The Morgan fingerprint density at radius 3 is 2.73 bits per heavy atom. The number of carbonyl (C=O) groups excluding carboxylic acids is 1. The van der Waals surface area contributed by atoms with Gasteiger partial charge in [0.25, 0.3) is 0 Å². The largest absolute Gasteiger partial charge is 0.295 e. The van der Waals surface area contributed by atoms with Gasteiger partial charge in [-0.25, -0.2) is 0 Å². The minimum absolute atomic E-state index is 0.0743. The zero-order valence-corrected chi connectivity index (χ0v) is 8.42. The predicted molar refractivity (Wildman–Crippen MR) is 55.6 cm³/mol. The Morgan fingerprint density at radius 1 is 1.33 bits per heavy atom. The first-order valence-electron chi connectivity index (χ1n) is 4.70. The highest BCUT2D eigenvalue weighted by Gasteiger charge is 2.01. The Hall–Kier alpha value is -1.97. The summed E-state index contributed by atoms with van der Waals surface area (Å²) < 4.78 is 0. The molecule has 15 heavy (non-hydrogen) atoms. The SMILES string of the molecule is CC(=O)c1cccc(Cn2nccn2)c1. The van der Waals surface area contributed by atoms with Crippen LogP contribution < -0.4 is 0 Å². The van der Waals surface area contributed by atoms with Gasteiger partial charge in [0, 0.05) is 5.56 Å². The molecule has 1 aromatic heterocycles. The maximum atomic E-state index is 11.2. The Bertz CT molecular complexity index is 462. The monoisotopic (exact) mass is 201 g/mol. The van der Waals surface area contributed by atoms with E-state index in [1.165, 1.54) is 0 Å². The number of hydrogen-bond donors (Lipinski definition) is 0. The summed E-state index contributed by atoms with van der Waals surface area (Å²) in [6, 6.07) is 7.50. The van der Waals surface area contributed by atoms with Gasteiger partial charge in [-0.2, -0.15) is 15.0 Å². The maximum Gasteiger partial charge on any atom is 0.159 e. The number of Topliss-reactive ketones (excluding diaryl/α,β-unsaturated/α-hetero) is 1. The van der Waals surface area contributed by atoms with Gasteiger partial charge < -0.3 is 0 Å². The van der Waals surface area contributed by atoms with E-state index in [2.05, 4.69) is 10.2 Å². The van der Waals surface area contributed by atoms with Gasteiger partial charge in [0.2, 0.25) is 0 Å². The number of aromatic nitrogens is 3. The molecule has 0 amide bonds. The topological polar surface area (TPSA) is 47.8 Å². The molecule has 0 aliphatic heterocycles. The first kappa shape index (κ1) is 9.58. The van der Waals surface area contributed by atoms with Crippen LogP contribution in [0.15, 0.2) is 36.7 Å². The molecule has 2 rings (SSSR count). The molecule has 2 aromatic rings. The fourth-order valence-corrected chi connectivity index (χ4v) is 1.38. The first-order valence-corrected chi connectivity index (χ1v) is 4.70. The molecular weight excluding hydrogens is 190 g/mol. The van der Waals surface area contributed by atoms with Crippen molar-refractivity contribution in [3.8, 4) is 0 Å². The molecule has 0 N–H and O–H groups in total. The van der Waals surface area contributed by atoms with Crippen LogP contribution in [0.2, 0.25) is 0 Å². The third-order valence-corrected chi connectivity index (χ3v) is 2.12. The lowest BCUT2D eigenvalue weighted by atomic mass is 10.1. The number of hydrogen-bond acceptors (Lipinski definition) is 3. The van der Waals surface area contributed by atoms with Crippen LogP contribution in [0.3, 0.4) is 0 Å². The second-order valence-electron chi connectivity index (χ2n) is 3.32. The summed E-state index contributed by atoms with van der Waals surface area (Å²) in [6.07, 6.45) is 3.27. The molecular formula is C11H11N3O. The number of ketones is 1. The molecule has 1 heterocycles. The minimum Gasteiger partial charge on any atom is -0.295 e. The van der Waals surface area contributed by atoms with Gasteiger partial charge in [-0.1, -0.05) is 18.2 Å². The van der Waals surface area contributed by atoms with Crippen LogP contribution in [-0.4, -0.2) is 20.8 Å². The van der Waals surface area contributed by atoms with Crippen molar-refractivity contribution in [1.82, 2.24) is 15.0 Å². The van der Waals surface area contributed by atoms with E-state index >= 15 is 0 Å². The highest BCUT2D eigenvalue weighted by molar-refractivity contribution is 5.94. The van der Waals surface area contributed by atoms with Crippen LogP contribution in [0.5, 0.6) is 0 Å². The highest BCUT2D eigenvalue weighted by atomic mass is 16.1. The molecule has 1 aromatic carbocycles. The summed E-state index contributed by atoms with van der Waals surface area (Å²) in [5.41, 5.74) is 1.75. The summed E-state index contributed by atoms with van der Waals surface area (Å²) in [7, 11) is 0. The van der Waals surface area contributed by atoms with E-state index in [1.807, 2.05) is 24.3 Å². The summed E-state index contributed by atoms with van der Waals surface area (Å²) in [4.78, 5) is 12.7. The summed E-state index contributed by atoms with van der Waals surface area (Å²) in [6.45, 7) is 2.15. The van der Waals surface area contributed by atoms with Gasteiger partial charge in [-0.3, -0.25) is 4.79 Å².